The number of nitrogens with one attached hydrogen (secondary N) is 2. The number of fused-ring (bicyclic) bond motifs is 1. The number of anilines is 1. The number of hydrogen-bond donors (Lipinski definition) is 2. The van der Waals surface area contributed by atoms with Crippen LogP contribution in [-0.4, -0.2) is 35.6 Å². The molecule has 0 radical (unpaired) electrons. The molecule has 1 amide bonds. The molecule has 168 valence electrons. The minimum Gasteiger partial charge on any atom is -0.352 e. The van der Waals surface area contributed by atoms with Gasteiger partial charge in [-0.2, -0.15) is 0 Å². The second-order valence-electron chi connectivity index (χ2n) is 8.00. The number of hydrogen-bond acceptors (Lipinski definition) is 5. The van der Waals surface area contributed by atoms with E-state index in [1.165, 1.54) is 18.6 Å². The summed E-state index contributed by atoms with van der Waals surface area (Å²) in [7, 11) is -3.81. The second-order valence-corrected chi connectivity index (χ2v) is 9.69. The lowest BCUT2D eigenvalue weighted by Gasteiger charge is -2.11. The number of carbonyl (C=O) groups excluding carboxylic acids is 1. The Balaban J connectivity index is 1.40. The zero-order valence-electron chi connectivity index (χ0n) is 18.0. The lowest BCUT2D eigenvalue weighted by atomic mass is 10.2. The van der Waals surface area contributed by atoms with Gasteiger partial charge in [0.25, 0.3) is 15.9 Å². The van der Waals surface area contributed by atoms with Crippen molar-refractivity contribution >= 4 is 21.6 Å². The summed E-state index contributed by atoms with van der Waals surface area (Å²) in [4.78, 5) is 12.7. The van der Waals surface area contributed by atoms with Gasteiger partial charge in [-0.25, -0.2) is 8.42 Å². The molecule has 2 N–H and O–H groups in total. The van der Waals surface area contributed by atoms with Crippen LogP contribution in [-0.2, 0) is 29.4 Å². The summed E-state index contributed by atoms with van der Waals surface area (Å²) in [5.74, 6) is 1.57. The Morgan fingerprint density at radius 1 is 1.06 bits per heavy atom. The molecule has 0 aliphatic carbocycles. The van der Waals surface area contributed by atoms with Gasteiger partial charge >= 0.3 is 0 Å². The van der Waals surface area contributed by atoms with Crippen LogP contribution in [0.2, 0.25) is 0 Å². The van der Waals surface area contributed by atoms with Gasteiger partial charge in [0.1, 0.15) is 11.6 Å². The fourth-order valence-electron chi connectivity index (χ4n) is 3.85. The van der Waals surface area contributed by atoms with Crippen molar-refractivity contribution in [3.63, 3.8) is 0 Å². The molecule has 0 saturated carbocycles. The van der Waals surface area contributed by atoms with Crippen molar-refractivity contribution in [1.29, 1.82) is 0 Å². The minimum atomic E-state index is -3.81. The standard InChI is InChI=1S/C23H27N5O3S/c1-17-7-5-9-19(15-17)27-32(30,31)20-10-6-8-18(16-20)23(29)24-13-12-22-26-25-21-11-3-2-4-14-28(21)22/h5-10,15-16,27H,2-4,11-14H2,1H3,(H,24,29). The molecule has 0 spiro atoms. The van der Waals surface area contributed by atoms with Crippen LogP contribution in [0.3, 0.4) is 0 Å². The van der Waals surface area contributed by atoms with Crippen molar-refractivity contribution in [2.45, 2.75) is 50.5 Å². The maximum Gasteiger partial charge on any atom is 0.261 e. The molecule has 3 aromatic rings. The Morgan fingerprint density at radius 2 is 1.91 bits per heavy atom. The molecule has 8 nitrogen and oxygen atoms in total. The van der Waals surface area contributed by atoms with Crippen LogP contribution in [0.1, 0.15) is 46.8 Å². The van der Waals surface area contributed by atoms with Gasteiger partial charge in [-0.1, -0.05) is 24.6 Å². The largest absolute Gasteiger partial charge is 0.352 e. The normalized spacial score (nSPS) is 13.8. The molecule has 0 atom stereocenters. The third-order valence-corrected chi connectivity index (χ3v) is 6.88. The Labute approximate surface area is 188 Å². The van der Waals surface area contributed by atoms with Gasteiger partial charge in [-0.3, -0.25) is 9.52 Å². The maximum atomic E-state index is 12.8. The van der Waals surface area contributed by atoms with E-state index in [0.717, 1.165) is 43.0 Å². The first-order valence-corrected chi connectivity index (χ1v) is 12.3. The lowest BCUT2D eigenvalue weighted by molar-refractivity contribution is 0.0953. The first-order chi connectivity index (χ1) is 15.4. The van der Waals surface area contributed by atoms with Gasteiger partial charge in [0.05, 0.1) is 4.90 Å². The Kier molecular flexibility index (Phi) is 6.55. The summed E-state index contributed by atoms with van der Waals surface area (Å²) in [6, 6.07) is 13.1. The highest BCUT2D eigenvalue weighted by Gasteiger charge is 2.18. The zero-order chi connectivity index (χ0) is 22.6. The number of sulfonamides is 1. The molecular weight excluding hydrogens is 426 g/mol. The highest BCUT2D eigenvalue weighted by Crippen LogP contribution is 2.18. The number of rotatable bonds is 7. The van der Waals surface area contributed by atoms with Gasteiger partial charge in [0.2, 0.25) is 0 Å². The average molecular weight is 454 g/mol. The molecule has 32 heavy (non-hydrogen) atoms. The van der Waals surface area contributed by atoms with Gasteiger partial charge in [-0.05, 0) is 55.7 Å². The fraction of sp³-hybridized carbons (Fsp3) is 0.348. The molecular formula is C23H27N5O3S. The lowest BCUT2D eigenvalue weighted by Crippen LogP contribution is -2.27. The van der Waals surface area contributed by atoms with Crippen LogP contribution in [0.4, 0.5) is 5.69 Å². The Bertz CT molecular complexity index is 1220. The SMILES string of the molecule is Cc1cccc(NS(=O)(=O)c2cccc(C(=O)NCCc3nnc4n3CCCCC4)c2)c1. The van der Waals surface area contributed by atoms with E-state index in [2.05, 4.69) is 24.8 Å². The Hall–Kier alpha value is -3.20. The van der Waals surface area contributed by atoms with Crippen molar-refractivity contribution in [1.82, 2.24) is 20.1 Å². The summed E-state index contributed by atoms with van der Waals surface area (Å²) < 4.78 is 30.2. The van der Waals surface area contributed by atoms with E-state index in [1.54, 1.807) is 30.3 Å². The molecule has 2 heterocycles. The van der Waals surface area contributed by atoms with Crippen molar-refractivity contribution in [2.24, 2.45) is 0 Å². The van der Waals surface area contributed by atoms with E-state index in [4.69, 9.17) is 0 Å². The summed E-state index contributed by atoms with van der Waals surface area (Å²) in [5, 5.41) is 11.4. The van der Waals surface area contributed by atoms with Crippen LogP contribution >= 0.6 is 0 Å². The first-order valence-electron chi connectivity index (χ1n) is 10.8. The molecule has 1 aliphatic rings. The van der Waals surface area contributed by atoms with E-state index in [0.29, 0.717) is 18.7 Å². The number of nitrogens with zero attached hydrogens (tertiary/aromatic N) is 3. The van der Waals surface area contributed by atoms with Gasteiger partial charge in [0.15, 0.2) is 0 Å². The number of carbonyl (C=O) groups is 1. The molecule has 1 aromatic heterocycles. The second kappa shape index (κ2) is 9.52. The maximum absolute atomic E-state index is 12.8. The number of amides is 1. The van der Waals surface area contributed by atoms with Gasteiger partial charge in [0, 0.05) is 37.2 Å². The molecule has 0 saturated heterocycles. The van der Waals surface area contributed by atoms with Crippen molar-refractivity contribution in [3.8, 4) is 0 Å². The Morgan fingerprint density at radius 3 is 2.75 bits per heavy atom. The van der Waals surface area contributed by atoms with Crippen molar-refractivity contribution < 1.29 is 13.2 Å². The quantitative estimate of drug-likeness (QED) is 0.572. The van der Waals surface area contributed by atoms with Crippen LogP contribution in [0, 0.1) is 6.92 Å². The minimum absolute atomic E-state index is 0.0365. The monoisotopic (exact) mass is 453 g/mol. The molecule has 0 fully saturated rings. The topological polar surface area (TPSA) is 106 Å². The van der Waals surface area contributed by atoms with E-state index < -0.39 is 10.0 Å². The van der Waals surface area contributed by atoms with Crippen LogP contribution < -0.4 is 10.0 Å². The van der Waals surface area contributed by atoms with E-state index >= 15 is 0 Å². The summed E-state index contributed by atoms with van der Waals surface area (Å²) in [6.45, 7) is 3.20. The molecule has 0 unspecified atom stereocenters. The average Bonchev–Trinajstić information content (AvgIpc) is 2.99. The molecule has 9 heteroatoms. The van der Waals surface area contributed by atoms with E-state index in [-0.39, 0.29) is 16.4 Å². The summed E-state index contributed by atoms with van der Waals surface area (Å²) in [5.41, 5.74) is 1.72. The molecule has 1 aliphatic heterocycles. The van der Waals surface area contributed by atoms with E-state index in [1.807, 2.05) is 13.0 Å². The summed E-state index contributed by atoms with van der Waals surface area (Å²) in [6.07, 6.45) is 4.95. The number of benzene rings is 2. The first kappa shape index (κ1) is 22.0. The van der Waals surface area contributed by atoms with Gasteiger partial charge < -0.3 is 9.88 Å². The van der Waals surface area contributed by atoms with Crippen LogP contribution in [0.25, 0.3) is 0 Å². The smallest absolute Gasteiger partial charge is 0.261 e. The third kappa shape index (κ3) is 5.16. The van der Waals surface area contributed by atoms with Crippen molar-refractivity contribution in [2.75, 3.05) is 11.3 Å². The zero-order valence-corrected chi connectivity index (χ0v) is 18.9. The number of aromatic nitrogens is 3. The van der Waals surface area contributed by atoms with E-state index in [9.17, 15) is 13.2 Å². The predicted octanol–water partition coefficient (Wildman–Crippen LogP) is 3.09. The fourth-order valence-corrected chi connectivity index (χ4v) is 4.94. The highest BCUT2D eigenvalue weighted by molar-refractivity contribution is 7.92. The third-order valence-electron chi connectivity index (χ3n) is 5.50. The van der Waals surface area contributed by atoms with Crippen LogP contribution in [0.15, 0.2) is 53.4 Å². The molecule has 2 aromatic carbocycles. The molecule has 0 bridgehead atoms. The highest BCUT2D eigenvalue weighted by atomic mass is 32.2. The van der Waals surface area contributed by atoms with Gasteiger partial charge in [-0.15, -0.1) is 10.2 Å². The molecule has 4 rings (SSSR count). The summed E-state index contributed by atoms with van der Waals surface area (Å²) >= 11 is 0. The predicted molar refractivity (Wildman–Crippen MR) is 122 cm³/mol. The van der Waals surface area contributed by atoms with Crippen molar-refractivity contribution in [3.05, 3.63) is 71.3 Å². The van der Waals surface area contributed by atoms with Crippen LogP contribution in [0.5, 0.6) is 0 Å². The number of aryl methyl sites for hydroxylation is 2.